The molecule has 9 nitrogen and oxygen atoms in total. The number of hydrogen-bond acceptors (Lipinski definition) is 6. The minimum absolute atomic E-state index is 0.0106. The molecule has 1 fully saturated rings. The topological polar surface area (TPSA) is 120 Å². The summed E-state index contributed by atoms with van der Waals surface area (Å²) in [6.45, 7) is 6.78. The van der Waals surface area contributed by atoms with Gasteiger partial charge in [-0.3, -0.25) is 9.48 Å². The molecule has 2 N–H and O–H groups in total. The zero-order chi connectivity index (χ0) is 24.3. The van der Waals surface area contributed by atoms with Gasteiger partial charge in [0.15, 0.2) is 0 Å². The van der Waals surface area contributed by atoms with E-state index in [1.54, 1.807) is 4.68 Å². The van der Waals surface area contributed by atoms with E-state index in [9.17, 15) is 14.4 Å². The van der Waals surface area contributed by atoms with Crippen LogP contribution < -0.4 is 5.32 Å². The van der Waals surface area contributed by atoms with Gasteiger partial charge in [0.2, 0.25) is 0 Å². The van der Waals surface area contributed by atoms with Crippen LogP contribution in [0, 0.1) is 11.3 Å². The Bertz CT molecular complexity index is 1070. The van der Waals surface area contributed by atoms with E-state index in [4.69, 9.17) is 19.7 Å². The lowest BCUT2D eigenvalue weighted by Crippen LogP contribution is -2.40. The molecule has 182 valence electrons. The third-order valence-electron chi connectivity index (χ3n) is 6.79. The average Bonchev–Trinajstić information content (AvgIpc) is 3.11. The van der Waals surface area contributed by atoms with Crippen molar-refractivity contribution in [2.45, 2.75) is 46.1 Å². The fraction of sp³-hybridized carbons (Fsp3) is 0.520. The van der Waals surface area contributed by atoms with Gasteiger partial charge in [-0.15, -0.1) is 0 Å². The number of carbonyl (C=O) groups is 3. The van der Waals surface area contributed by atoms with E-state index in [-0.39, 0.29) is 29.4 Å². The van der Waals surface area contributed by atoms with Gasteiger partial charge in [0.05, 0.1) is 23.4 Å². The quantitative estimate of drug-likeness (QED) is 0.598. The molecule has 2 aromatic rings. The van der Waals surface area contributed by atoms with Crippen molar-refractivity contribution in [3.8, 4) is 0 Å². The van der Waals surface area contributed by atoms with Crippen LogP contribution in [-0.2, 0) is 28.9 Å². The minimum atomic E-state index is -1.05. The van der Waals surface area contributed by atoms with E-state index in [1.165, 1.54) is 24.3 Å². The molecule has 0 aliphatic carbocycles. The molecule has 2 aliphatic heterocycles. The van der Waals surface area contributed by atoms with Gasteiger partial charge in [0.25, 0.3) is 5.91 Å². The van der Waals surface area contributed by atoms with Gasteiger partial charge in [-0.25, -0.2) is 9.59 Å². The van der Waals surface area contributed by atoms with Crippen LogP contribution in [-0.4, -0.2) is 59.1 Å². The first-order valence-electron chi connectivity index (χ1n) is 11.8. The zero-order valence-electron chi connectivity index (χ0n) is 19.6. The van der Waals surface area contributed by atoms with Crippen LogP contribution in [0.5, 0.6) is 0 Å². The summed E-state index contributed by atoms with van der Waals surface area (Å²) in [6, 6.07) is 5.66. The Morgan fingerprint density at radius 2 is 1.91 bits per heavy atom. The second kappa shape index (κ2) is 9.97. The van der Waals surface area contributed by atoms with E-state index in [0.29, 0.717) is 44.0 Å². The maximum Gasteiger partial charge on any atom is 0.338 e. The van der Waals surface area contributed by atoms with Crippen LogP contribution in [0.4, 0.5) is 0 Å². The van der Waals surface area contributed by atoms with Gasteiger partial charge in [-0.2, -0.15) is 5.10 Å². The van der Waals surface area contributed by atoms with E-state index >= 15 is 0 Å². The van der Waals surface area contributed by atoms with Crippen LogP contribution in [0.3, 0.4) is 0 Å². The van der Waals surface area contributed by atoms with Crippen molar-refractivity contribution in [2.24, 2.45) is 11.3 Å². The van der Waals surface area contributed by atoms with Gasteiger partial charge in [0.1, 0.15) is 5.69 Å². The van der Waals surface area contributed by atoms with Gasteiger partial charge in [0, 0.05) is 31.9 Å². The summed E-state index contributed by atoms with van der Waals surface area (Å²) >= 11 is 0. The molecule has 1 saturated heterocycles. The molecule has 1 aromatic heterocycles. The fourth-order valence-electron chi connectivity index (χ4n) is 4.77. The number of nitrogens with one attached hydrogen (secondary N) is 1. The molecule has 0 radical (unpaired) electrons. The number of ether oxygens (including phenoxy) is 2. The van der Waals surface area contributed by atoms with Crippen molar-refractivity contribution in [3.05, 3.63) is 52.3 Å². The minimum Gasteiger partial charge on any atom is -0.478 e. The first-order valence-corrected chi connectivity index (χ1v) is 11.8. The number of carboxylic acids is 1. The second-order valence-corrected chi connectivity index (χ2v) is 9.35. The molecular formula is C25H31N3O6. The Morgan fingerprint density at radius 1 is 1.24 bits per heavy atom. The number of carboxylic acid groups (broad SMARTS) is 1. The molecule has 3 heterocycles. The third-order valence-corrected chi connectivity index (χ3v) is 6.79. The van der Waals surface area contributed by atoms with Gasteiger partial charge < -0.3 is 19.9 Å². The number of rotatable bonds is 7. The highest BCUT2D eigenvalue weighted by atomic mass is 16.5. The van der Waals surface area contributed by atoms with Gasteiger partial charge >= 0.3 is 11.9 Å². The summed E-state index contributed by atoms with van der Waals surface area (Å²) < 4.78 is 12.8. The van der Waals surface area contributed by atoms with Crippen LogP contribution in [0.1, 0.15) is 69.2 Å². The Hall–Kier alpha value is -3.20. The van der Waals surface area contributed by atoms with Crippen LogP contribution in [0.15, 0.2) is 24.3 Å². The fourth-order valence-corrected chi connectivity index (χ4v) is 4.77. The number of amides is 1. The maximum atomic E-state index is 12.9. The normalized spacial score (nSPS) is 18.0. The van der Waals surface area contributed by atoms with Crippen molar-refractivity contribution in [3.63, 3.8) is 0 Å². The van der Waals surface area contributed by atoms with Crippen molar-refractivity contribution in [1.82, 2.24) is 15.1 Å². The summed E-state index contributed by atoms with van der Waals surface area (Å²) in [4.78, 5) is 36.3. The molecule has 0 saturated carbocycles. The highest BCUT2D eigenvalue weighted by molar-refractivity contribution is 5.95. The molecule has 1 aromatic carbocycles. The lowest BCUT2D eigenvalue weighted by Gasteiger charge is -2.36. The molecule has 34 heavy (non-hydrogen) atoms. The SMILES string of the molecule is CCn1nc(CC(C)COC(=O)c2ccc(C(=O)O)cc2)c2c1C(=O)NCC1(CCOCC1)C2. The number of hydrogen-bond donors (Lipinski definition) is 2. The molecule has 4 rings (SSSR count). The Kier molecular flexibility index (Phi) is 7.02. The zero-order valence-corrected chi connectivity index (χ0v) is 19.6. The molecule has 9 heteroatoms. The standard InChI is InChI=1S/C25H31N3O6/c1-3-28-21-19(13-25(15-26-22(21)29)8-10-33-11-9-25)20(27-28)12-16(2)14-34-24(32)18-6-4-17(5-7-18)23(30)31/h4-7,16H,3,8-15H2,1-2H3,(H,26,29)(H,30,31). The molecule has 1 unspecified atom stereocenters. The first-order chi connectivity index (χ1) is 16.3. The van der Waals surface area contributed by atoms with E-state index in [1.807, 2.05) is 13.8 Å². The summed E-state index contributed by atoms with van der Waals surface area (Å²) in [6.07, 6.45) is 3.16. The number of aromatic nitrogens is 2. The van der Waals surface area contributed by atoms with Crippen molar-refractivity contribution in [1.29, 1.82) is 0 Å². The number of esters is 1. The molecule has 0 bridgehead atoms. The van der Waals surface area contributed by atoms with E-state index in [2.05, 4.69) is 5.32 Å². The lowest BCUT2D eigenvalue weighted by atomic mass is 9.75. The monoisotopic (exact) mass is 469 g/mol. The first kappa shape index (κ1) is 23.9. The number of aromatic carboxylic acids is 1. The number of carbonyl (C=O) groups excluding carboxylic acids is 2. The highest BCUT2D eigenvalue weighted by Gasteiger charge is 2.39. The Morgan fingerprint density at radius 3 is 2.56 bits per heavy atom. The molecule has 1 atom stereocenters. The van der Waals surface area contributed by atoms with Crippen LogP contribution in [0.25, 0.3) is 0 Å². The van der Waals surface area contributed by atoms with Crippen LogP contribution in [0.2, 0.25) is 0 Å². The maximum absolute atomic E-state index is 12.9. The third kappa shape index (κ3) is 4.99. The summed E-state index contributed by atoms with van der Waals surface area (Å²) in [7, 11) is 0. The smallest absolute Gasteiger partial charge is 0.338 e. The van der Waals surface area contributed by atoms with E-state index < -0.39 is 11.9 Å². The Labute approximate surface area is 198 Å². The predicted molar refractivity (Wildman–Crippen MR) is 123 cm³/mol. The van der Waals surface area contributed by atoms with E-state index in [0.717, 1.165) is 30.5 Å². The number of nitrogens with zero attached hydrogens (tertiary/aromatic N) is 2. The summed E-state index contributed by atoms with van der Waals surface area (Å²) in [5.74, 6) is -1.64. The van der Waals surface area contributed by atoms with Crippen molar-refractivity contribution >= 4 is 17.8 Å². The van der Waals surface area contributed by atoms with Crippen molar-refractivity contribution in [2.75, 3.05) is 26.4 Å². The average molecular weight is 470 g/mol. The molecule has 1 spiro atoms. The summed E-state index contributed by atoms with van der Waals surface area (Å²) in [5.41, 5.74) is 2.93. The van der Waals surface area contributed by atoms with Crippen LogP contribution >= 0.6 is 0 Å². The van der Waals surface area contributed by atoms with Gasteiger partial charge in [-0.05, 0) is 68.2 Å². The predicted octanol–water partition coefficient (Wildman–Crippen LogP) is 2.72. The Balaban J connectivity index is 1.46. The number of aryl methyl sites for hydroxylation is 1. The number of fused-ring (bicyclic) bond motifs is 1. The molecule has 2 aliphatic rings. The largest absolute Gasteiger partial charge is 0.478 e. The molecular weight excluding hydrogens is 438 g/mol. The highest BCUT2D eigenvalue weighted by Crippen LogP contribution is 2.38. The lowest BCUT2D eigenvalue weighted by molar-refractivity contribution is 0.0160. The van der Waals surface area contributed by atoms with Crippen molar-refractivity contribution < 1.29 is 29.0 Å². The van der Waals surface area contributed by atoms with Gasteiger partial charge in [-0.1, -0.05) is 6.92 Å². The summed E-state index contributed by atoms with van der Waals surface area (Å²) in [5, 5.41) is 16.9. The molecule has 1 amide bonds. The number of benzene rings is 1. The second-order valence-electron chi connectivity index (χ2n) is 9.35.